The van der Waals surface area contributed by atoms with Gasteiger partial charge in [-0.15, -0.1) is 0 Å². The Hall–Kier alpha value is -1.84. The molecule has 0 amide bonds. The average molecular weight is 190 g/mol. The molecule has 0 aromatic carbocycles. The van der Waals surface area contributed by atoms with E-state index in [2.05, 4.69) is 9.97 Å². The average Bonchev–Trinajstić information content (AvgIpc) is 2.49. The summed E-state index contributed by atoms with van der Waals surface area (Å²) in [6, 6.07) is 1.88. The highest BCUT2D eigenvalue weighted by molar-refractivity contribution is 5.86. The van der Waals surface area contributed by atoms with E-state index in [1.54, 1.807) is 12.4 Å². The number of H-pyrrole nitrogens is 1. The number of aromatic amines is 1. The molecule has 2 N–H and O–H groups in total. The van der Waals surface area contributed by atoms with Crippen LogP contribution in [0.15, 0.2) is 18.5 Å². The van der Waals surface area contributed by atoms with E-state index in [1.165, 1.54) is 0 Å². The van der Waals surface area contributed by atoms with Gasteiger partial charge >= 0.3 is 5.97 Å². The Morgan fingerprint density at radius 3 is 3.14 bits per heavy atom. The van der Waals surface area contributed by atoms with E-state index >= 15 is 0 Å². The van der Waals surface area contributed by atoms with Crippen molar-refractivity contribution in [2.24, 2.45) is 0 Å². The first kappa shape index (κ1) is 8.74. The Morgan fingerprint density at radius 1 is 1.64 bits per heavy atom. The lowest BCUT2D eigenvalue weighted by Crippen LogP contribution is -1.99. The van der Waals surface area contributed by atoms with Crippen molar-refractivity contribution in [2.45, 2.75) is 13.3 Å². The maximum Gasteiger partial charge on any atom is 0.307 e. The lowest BCUT2D eigenvalue weighted by Gasteiger charge is -1.97. The molecule has 2 aromatic heterocycles. The van der Waals surface area contributed by atoms with Gasteiger partial charge in [0.1, 0.15) is 5.65 Å². The first-order chi connectivity index (χ1) is 6.68. The lowest BCUT2D eigenvalue weighted by molar-refractivity contribution is -0.136. The van der Waals surface area contributed by atoms with Crippen LogP contribution >= 0.6 is 0 Å². The number of fused-ring (bicyclic) bond motifs is 1. The summed E-state index contributed by atoms with van der Waals surface area (Å²) in [4.78, 5) is 17.7. The van der Waals surface area contributed by atoms with Crippen LogP contribution in [-0.4, -0.2) is 21.0 Å². The van der Waals surface area contributed by atoms with Crippen LogP contribution in [0.3, 0.4) is 0 Å². The third-order valence-corrected chi connectivity index (χ3v) is 2.21. The standard InChI is InChI=1S/C10H10N2O2/c1-6-2-3-11-10-9(6)7(5-12-10)4-8(13)14/h2-3,5H,4H2,1H3,(H,11,12)(H,13,14). The Labute approximate surface area is 80.6 Å². The highest BCUT2D eigenvalue weighted by Gasteiger charge is 2.09. The number of carboxylic acids is 1. The van der Waals surface area contributed by atoms with Crippen LogP contribution in [0.25, 0.3) is 11.0 Å². The number of rotatable bonds is 2. The van der Waals surface area contributed by atoms with Gasteiger partial charge in [0.25, 0.3) is 0 Å². The van der Waals surface area contributed by atoms with Crippen molar-refractivity contribution >= 4 is 17.0 Å². The summed E-state index contributed by atoms with van der Waals surface area (Å²) in [6.07, 6.45) is 3.45. The normalized spacial score (nSPS) is 10.6. The molecule has 0 aliphatic rings. The van der Waals surface area contributed by atoms with Crippen molar-refractivity contribution in [3.63, 3.8) is 0 Å². The Balaban J connectivity index is 2.61. The molecule has 2 heterocycles. The number of hydrogen-bond acceptors (Lipinski definition) is 2. The van der Waals surface area contributed by atoms with Gasteiger partial charge in [-0.2, -0.15) is 0 Å². The van der Waals surface area contributed by atoms with Gasteiger partial charge < -0.3 is 10.1 Å². The second kappa shape index (κ2) is 3.14. The van der Waals surface area contributed by atoms with Crippen LogP contribution in [0.5, 0.6) is 0 Å². The zero-order valence-corrected chi connectivity index (χ0v) is 7.74. The molecule has 0 saturated heterocycles. The van der Waals surface area contributed by atoms with Crippen LogP contribution < -0.4 is 0 Å². The van der Waals surface area contributed by atoms with Crippen LogP contribution in [0, 0.1) is 6.92 Å². The lowest BCUT2D eigenvalue weighted by atomic mass is 10.1. The van der Waals surface area contributed by atoms with Crippen LogP contribution in [0.4, 0.5) is 0 Å². The second-order valence-corrected chi connectivity index (χ2v) is 3.24. The Morgan fingerprint density at radius 2 is 2.43 bits per heavy atom. The quantitative estimate of drug-likeness (QED) is 0.754. The van der Waals surface area contributed by atoms with E-state index in [9.17, 15) is 4.79 Å². The summed E-state index contributed by atoms with van der Waals surface area (Å²) in [5, 5.41) is 9.63. The number of aromatic nitrogens is 2. The summed E-state index contributed by atoms with van der Waals surface area (Å²) in [5.41, 5.74) is 2.59. The van der Waals surface area contributed by atoms with E-state index < -0.39 is 5.97 Å². The monoisotopic (exact) mass is 190 g/mol. The summed E-state index contributed by atoms with van der Waals surface area (Å²) < 4.78 is 0. The van der Waals surface area contributed by atoms with Crippen molar-refractivity contribution in [2.75, 3.05) is 0 Å². The molecule has 4 heteroatoms. The maximum absolute atomic E-state index is 10.6. The topological polar surface area (TPSA) is 66.0 Å². The van der Waals surface area contributed by atoms with Crippen LogP contribution in [-0.2, 0) is 11.2 Å². The molecule has 0 saturated carbocycles. The van der Waals surface area contributed by atoms with E-state index in [0.29, 0.717) is 0 Å². The number of nitrogens with zero attached hydrogens (tertiary/aromatic N) is 1. The number of hydrogen-bond donors (Lipinski definition) is 2. The Bertz CT molecular complexity index is 488. The predicted molar refractivity (Wildman–Crippen MR) is 52.2 cm³/mol. The van der Waals surface area contributed by atoms with Gasteiger partial charge in [-0.1, -0.05) is 0 Å². The minimum Gasteiger partial charge on any atom is -0.481 e. The molecule has 2 aromatic rings. The highest BCUT2D eigenvalue weighted by Crippen LogP contribution is 2.20. The first-order valence-electron chi connectivity index (χ1n) is 4.32. The van der Waals surface area contributed by atoms with Gasteiger partial charge in [0.15, 0.2) is 0 Å². The number of aliphatic carboxylic acids is 1. The summed E-state index contributed by atoms with van der Waals surface area (Å²) >= 11 is 0. The molecule has 72 valence electrons. The van der Waals surface area contributed by atoms with Crippen molar-refractivity contribution < 1.29 is 9.90 Å². The van der Waals surface area contributed by atoms with E-state index in [4.69, 9.17) is 5.11 Å². The first-order valence-corrected chi connectivity index (χ1v) is 4.32. The van der Waals surface area contributed by atoms with Crippen molar-refractivity contribution in [3.05, 3.63) is 29.6 Å². The SMILES string of the molecule is Cc1ccnc2[nH]cc(CC(=O)O)c12. The van der Waals surface area contributed by atoms with Gasteiger partial charge in [-0.05, 0) is 24.1 Å². The minimum atomic E-state index is -0.825. The van der Waals surface area contributed by atoms with Crippen LogP contribution in [0.2, 0.25) is 0 Å². The van der Waals surface area contributed by atoms with Gasteiger partial charge in [0.2, 0.25) is 0 Å². The summed E-state index contributed by atoms with van der Waals surface area (Å²) in [5.74, 6) is -0.825. The van der Waals surface area contributed by atoms with Gasteiger partial charge in [-0.25, -0.2) is 4.98 Å². The molecular weight excluding hydrogens is 180 g/mol. The Kier molecular flexibility index (Phi) is 1.96. The minimum absolute atomic E-state index is 0.0343. The largest absolute Gasteiger partial charge is 0.481 e. The molecular formula is C10H10N2O2. The second-order valence-electron chi connectivity index (χ2n) is 3.24. The van der Waals surface area contributed by atoms with Crippen LogP contribution in [0.1, 0.15) is 11.1 Å². The highest BCUT2D eigenvalue weighted by atomic mass is 16.4. The fraction of sp³-hybridized carbons (Fsp3) is 0.200. The molecule has 14 heavy (non-hydrogen) atoms. The molecule has 0 fully saturated rings. The van der Waals surface area contributed by atoms with Gasteiger partial charge in [-0.3, -0.25) is 4.79 Å². The van der Waals surface area contributed by atoms with Crippen molar-refractivity contribution in [1.82, 2.24) is 9.97 Å². The third-order valence-electron chi connectivity index (χ3n) is 2.21. The maximum atomic E-state index is 10.6. The number of nitrogens with one attached hydrogen (secondary N) is 1. The number of carboxylic acid groups (broad SMARTS) is 1. The molecule has 4 nitrogen and oxygen atoms in total. The van der Waals surface area contributed by atoms with E-state index in [1.807, 2.05) is 13.0 Å². The smallest absolute Gasteiger partial charge is 0.307 e. The summed E-state index contributed by atoms with van der Waals surface area (Å²) in [6.45, 7) is 1.95. The zero-order valence-electron chi connectivity index (χ0n) is 7.74. The third kappa shape index (κ3) is 1.35. The van der Waals surface area contributed by atoms with Crippen molar-refractivity contribution in [1.29, 1.82) is 0 Å². The molecule has 0 radical (unpaired) electrons. The molecule has 0 spiro atoms. The molecule has 0 bridgehead atoms. The molecule has 0 unspecified atom stereocenters. The fourth-order valence-electron chi connectivity index (χ4n) is 1.60. The predicted octanol–water partition coefficient (Wildman–Crippen LogP) is 1.50. The molecule has 0 aliphatic heterocycles. The number of aryl methyl sites for hydroxylation is 1. The summed E-state index contributed by atoms with van der Waals surface area (Å²) in [7, 11) is 0. The molecule has 2 rings (SSSR count). The van der Waals surface area contributed by atoms with E-state index in [0.717, 1.165) is 22.2 Å². The van der Waals surface area contributed by atoms with E-state index in [-0.39, 0.29) is 6.42 Å². The number of pyridine rings is 1. The van der Waals surface area contributed by atoms with Gasteiger partial charge in [0, 0.05) is 17.8 Å². The zero-order chi connectivity index (χ0) is 10.1. The molecule has 0 atom stereocenters. The van der Waals surface area contributed by atoms with Gasteiger partial charge in [0.05, 0.1) is 6.42 Å². The van der Waals surface area contributed by atoms with Crippen molar-refractivity contribution in [3.8, 4) is 0 Å². The number of carbonyl (C=O) groups is 1. The molecule has 0 aliphatic carbocycles. The fourth-order valence-corrected chi connectivity index (χ4v) is 1.60.